The third-order valence-corrected chi connectivity index (χ3v) is 5.39. The Balaban J connectivity index is 0.000000281. The summed E-state index contributed by atoms with van der Waals surface area (Å²) in [5.74, 6) is 0.0951. The summed E-state index contributed by atoms with van der Waals surface area (Å²) in [5, 5.41) is 20.6. The Bertz CT molecular complexity index is 1250. The Hall–Kier alpha value is -4.30. The summed E-state index contributed by atoms with van der Waals surface area (Å²) >= 11 is 0. The van der Waals surface area contributed by atoms with Crippen LogP contribution in [-0.2, 0) is 17.8 Å². The number of fused-ring (bicyclic) bond motifs is 1. The minimum atomic E-state index is -0.330. The summed E-state index contributed by atoms with van der Waals surface area (Å²) in [5.41, 5.74) is 9.74. The van der Waals surface area contributed by atoms with Crippen molar-refractivity contribution in [3.05, 3.63) is 102 Å². The van der Waals surface area contributed by atoms with Gasteiger partial charge in [-0.15, -0.1) is 0 Å². The number of H-pyrrole nitrogens is 1. The Morgan fingerprint density at radius 3 is 2.34 bits per heavy atom. The first-order valence-electron chi connectivity index (χ1n) is 11.3. The fraction of sp³-hybridized carbons (Fsp3) is 0.185. The van der Waals surface area contributed by atoms with Crippen LogP contribution in [0.25, 0.3) is 10.9 Å². The number of amidine groups is 2. The average Bonchev–Trinajstić information content (AvgIpc) is 3.28. The maximum Gasteiger partial charge on any atom is 0.234 e. The molecule has 6 N–H and O–H groups in total. The monoisotopic (exact) mass is 469 g/mol. The van der Waals surface area contributed by atoms with Crippen molar-refractivity contribution in [1.82, 2.24) is 20.2 Å². The van der Waals surface area contributed by atoms with Gasteiger partial charge in [-0.2, -0.15) is 0 Å². The molecule has 2 aromatic heterocycles. The molecule has 2 heterocycles. The van der Waals surface area contributed by atoms with Crippen LogP contribution in [-0.4, -0.2) is 45.5 Å². The highest BCUT2D eigenvalue weighted by molar-refractivity contribution is 6.00. The number of amides is 1. The van der Waals surface area contributed by atoms with E-state index in [1.54, 1.807) is 17.3 Å². The zero-order valence-corrected chi connectivity index (χ0v) is 19.8. The summed E-state index contributed by atoms with van der Waals surface area (Å²) in [6.07, 6.45) is 5.78. The van der Waals surface area contributed by atoms with Crippen LogP contribution in [0.4, 0.5) is 0 Å². The summed E-state index contributed by atoms with van der Waals surface area (Å²) in [7, 11) is 0. The lowest BCUT2D eigenvalue weighted by molar-refractivity contribution is -0.119. The molecule has 0 radical (unpaired) electrons. The fourth-order valence-corrected chi connectivity index (χ4v) is 3.48. The van der Waals surface area contributed by atoms with Crippen LogP contribution in [0.5, 0.6) is 0 Å². The molecule has 1 amide bonds. The van der Waals surface area contributed by atoms with Crippen LogP contribution in [0.1, 0.15) is 16.7 Å². The van der Waals surface area contributed by atoms with Gasteiger partial charge in [0.05, 0.1) is 19.6 Å². The lowest BCUT2D eigenvalue weighted by Crippen LogP contribution is -2.44. The van der Waals surface area contributed by atoms with Crippen molar-refractivity contribution in [2.45, 2.75) is 19.9 Å². The number of carbonyl (C=O) groups excluding carboxylic acids is 1. The number of hydrogen-bond donors (Lipinski definition) is 5. The average molecular weight is 470 g/mol. The molecule has 0 spiro atoms. The van der Waals surface area contributed by atoms with E-state index >= 15 is 0 Å². The number of para-hydroxylation sites is 1. The fourth-order valence-electron chi connectivity index (χ4n) is 3.48. The second kappa shape index (κ2) is 12.8. The molecule has 0 bridgehead atoms. The third-order valence-electron chi connectivity index (χ3n) is 5.39. The molecular formula is C27H31N7O. The predicted octanol–water partition coefficient (Wildman–Crippen LogP) is 3.63. The summed E-state index contributed by atoms with van der Waals surface area (Å²) < 4.78 is 0. The van der Waals surface area contributed by atoms with Gasteiger partial charge in [0.1, 0.15) is 11.7 Å². The first-order valence-corrected chi connectivity index (χ1v) is 11.3. The zero-order valence-electron chi connectivity index (χ0n) is 19.8. The number of pyridine rings is 1. The second-order valence-electron chi connectivity index (χ2n) is 8.00. The largest absolute Gasteiger partial charge is 0.361 e. The standard InChI is InChI=1S/C18H22N6O.C9H9N/c19-11-18(25)23-12-17(21)24(13-15-6-8-22-9-7-15)16(20)10-14-4-2-1-3-5-14;1-7-6-10-9-5-3-2-4-8(7)9/h1-9,20-21H,10-13,19H2,(H,23,25);2-6,10H,1H3. The van der Waals surface area contributed by atoms with Crippen LogP contribution in [0.3, 0.4) is 0 Å². The molecule has 0 aliphatic heterocycles. The van der Waals surface area contributed by atoms with Gasteiger partial charge in [0.15, 0.2) is 0 Å². The van der Waals surface area contributed by atoms with Crippen molar-refractivity contribution in [1.29, 1.82) is 10.8 Å². The predicted molar refractivity (Wildman–Crippen MR) is 140 cm³/mol. The smallest absolute Gasteiger partial charge is 0.234 e. The van der Waals surface area contributed by atoms with Crippen molar-refractivity contribution in [2.75, 3.05) is 13.1 Å². The van der Waals surface area contributed by atoms with E-state index in [0.717, 1.165) is 11.1 Å². The van der Waals surface area contributed by atoms with Crippen molar-refractivity contribution in [3.8, 4) is 0 Å². The molecule has 0 saturated heterocycles. The van der Waals surface area contributed by atoms with Gasteiger partial charge < -0.3 is 20.9 Å². The van der Waals surface area contributed by atoms with E-state index in [9.17, 15) is 4.79 Å². The van der Waals surface area contributed by atoms with Crippen LogP contribution in [0.15, 0.2) is 85.3 Å². The number of nitrogens with two attached hydrogens (primary N) is 1. The maximum absolute atomic E-state index is 11.3. The molecule has 8 heteroatoms. The number of nitrogens with zero attached hydrogens (tertiary/aromatic N) is 2. The van der Waals surface area contributed by atoms with Crippen LogP contribution >= 0.6 is 0 Å². The van der Waals surface area contributed by atoms with Gasteiger partial charge in [-0.3, -0.25) is 20.6 Å². The Labute approximate surface area is 205 Å². The molecule has 0 aliphatic rings. The minimum absolute atomic E-state index is 0.0261. The van der Waals surface area contributed by atoms with Gasteiger partial charge >= 0.3 is 0 Å². The molecule has 0 saturated carbocycles. The number of carbonyl (C=O) groups is 1. The Kier molecular flexibility index (Phi) is 9.27. The third kappa shape index (κ3) is 7.62. The lowest BCUT2D eigenvalue weighted by Gasteiger charge is -2.26. The Morgan fingerprint density at radius 1 is 0.971 bits per heavy atom. The molecular weight excluding hydrogens is 438 g/mol. The topological polar surface area (TPSA) is 135 Å². The van der Waals surface area contributed by atoms with E-state index in [1.807, 2.05) is 54.7 Å². The molecule has 0 fully saturated rings. The van der Waals surface area contributed by atoms with Gasteiger partial charge in [0, 0.05) is 35.9 Å². The Morgan fingerprint density at radius 2 is 1.66 bits per heavy atom. The molecule has 0 aliphatic carbocycles. The number of aryl methyl sites for hydroxylation is 1. The van der Waals surface area contributed by atoms with Crippen LogP contribution in [0.2, 0.25) is 0 Å². The van der Waals surface area contributed by atoms with E-state index in [2.05, 4.69) is 40.4 Å². The van der Waals surface area contributed by atoms with E-state index in [0.29, 0.717) is 13.0 Å². The van der Waals surface area contributed by atoms with Gasteiger partial charge in [-0.1, -0.05) is 48.5 Å². The number of aromatic nitrogens is 2. The summed E-state index contributed by atoms with van der Waals surface area (Å²) in [4.78, 5) is 20.1. The molecule has 4 aromatic rings. The number of hydrogen-bond acceptors (Lipinski definition) is 5. The highest BCUT2D eigenvalue weighted by Crippen LogP contribution is 2.15. The van der Waals surface area contributed by atoms with E-state index in [-0.39, 0.29) is 30.7 Å². The molecule has 4 rings (SSSR count). The van der Waals surface area contributed by atoms with Gasteiger partial charge in [-0.25, -0.2) is 0 Å². The van der Waals surface area contributed by atoms with Crippen molar-refractivity contribution in [3.63, 3.8) is 0 Å². The second-order valence-corrected chi connectivity index (χ2v) is 8.00. The van der Waals surface area contributed by atoms with Crippen LogP contribution < -0.4 is 11.1 Å². The first kappa shape index (κ1) is 25.3. The minimum Gasteiger partial charge on any atom is -0.361 e. The first-order chi connectivity index (χ1) is 17.0. The highest BCUT2D eigenvalue weighted by atomic mass is 16.1. The van der Waals surface area contributed by atoms with E-state index < -0.39 is 0 Å². The van der Waals surface area contributed by atoms with Crippen molar-refractivity contribution in [2.24, 2.45) is 5.73 Å². The SMILES string of the molecule is Cc1c[nH]c2ccccc12.N=C(CNC(=O)CN)N(Cc1ccncc1)C(=N)Cc1ccccc1. The molecule has 180 valence electrons. The lowest BCUT2D eigenvalue weighted by atomic mass is 10.1. The maximum atomic E-state index is 11.3. The van der Waals surface area contributed by atoms with Crippen molar-refractivity contribution >= 4 is 28.5 Å². The molecule has 8 nitrogen and oxygen atoms in total. The number of aromatic amines is 1. The van der Waals surface area contributed by atoms with Gasteiger partial charge in [0.25, 0.3) is 0 Å². The molecule has 2 aromatic carbocycles. The zero-order chi connectivity index (χ0) is 25.0. The number of benzene rings is 2. The van der Waals surface area contributed by atoms with E-state index in [1.165, 1.54) is 16.5 Å². The van der Waals surface area contributed by atoms with E-state index in [4.69, 9.17) is 16.6 Å². The van der Waals surface area contributed by atoms with Crippen molar-refractivity contribution < 1.29 is 4.79 Å². The molecule has 35 heavy (non-hydrogen) atoms. The van der Waals surface area contributed by atoms with Crippen LogP contribution in [0, 0.1) is 17.7 Å². The highest BCUT2D eigenvalue weighted by Gasteiger charge is 2.17. The normalized spacial score (nSPS) is 10.2. The summed E-state index contributed by atoms with van der Waals surface area (Å²) in [6.45, 7) is 2.38. The quantitative estimate of drug-likeness (QED) is 0.209. The number of nitrogens with one attached hydrogen (secondary N) is 4. The molecule has 0 atom stereocenters. The van der Waals surface area contributed by atoms with Gasteiger partial charge in [-0.05, 0) is 41.8 Å². The van der Waals surface area contributed by atoms with Gasteiger partial charge in [0.2, 0.25) is 5.91 Å². The molecule has 0 unspecified atom stereocenters. The summed E-state index contributed by atoms with van der Waals surface area (Å²) in [6, 6.07) is 21.6. The number of rotatable bonds is 7.